The van der Waals surface area contributed by atoms with Gasteiger partial charge in [0.25, 0.3) is 0 Å². The van der Waals surface area contributed by atoms with Crippen molar-refractivity contribution in [3.05, 3.63) is 34.7 Å². The number of thiophene rings is 1. The van der Waals surface area contributed by atoms with Gasteiger partial charge in [0, 0.05) is 19.3 Å². The molecule has 0 amide bonds. The zero-order valence-electron chi connectivity index (χ0n) is 9.84. The lowest BCUT2D eigenvalue weighted by atomic mass is 10.2. The van der Waals surface area contributed by atoms with Crippen molar-refractivity contribution in [1.29, 1.82) is 0 Å². The SMILES string of the molecule is CC(C)CON(C)/C=C\C(=O)c1cccs1. The predicted molar refractivity (Wildman–Crippen MR) is 66.3 cm³/mol. The summed E-state index contributed by atoms with van der Waals surface area (Å²) in [5, 5.41) is 3.45. The molecule has 0 aliphatic carbocycles. The molecule has 88 valence electrons. The summed E-state index contributed by atoms with van der Waals surface area (Å²) < 4.78 is 0. The fourth-order valence-electron chi connectivity index (χ4n) is 0.983. The summed E-state index contributed by atoms with van der Waals surface area (Å²) in [7, 11) is 1.78. The van der Waals surface area contributed by atoms with Crippen molar-refractivity contribution in [3.8, 4) is 0 Å². The first kappa shape index (κ1) is 12.9. The van der Waals surface area contributed by atoms with Crippen molar-refractivity contribution >= 4 is 17.1 Å². The predicted octanol–water partition coefficient (Wildman–Crippen LogP) is 2.96. The summed E-state index contributed by atoms with van der Waals surface area (Å²) in [5.41, 5.74) is 0. The maximum Gasteiger partial charge on any atom is 0.197 e. The minimum absolute atomic E-state index is 0.00926. The number of hydrogen-bond acceptors (Lipinski definition) is 4. The highest BCUT2D eigenvalue weighted by molar-refractivity contribution is 7.12. The van der Waals surface area contributed by atoms with Crippen LogP contribution in [0.15, 0.2) is 29.8 Å². The van der Waals surface area contributed by atoms with Gasteiger partial charge in [0.15, 0.2) is 5.78 Å². The Morgan fingerprint density at radius 2 is 2.38 bits per heavy atom. The fraction of sp³-hybridized carbons (Fsp3) is 0.417. The molecule has 0 atom stereocenters. The Morgan fingerprint density at radius 3 is 2.94 bits per heavy atom. The third-order valence-electron chi connectivity index (χ3n) is 1.81. The van der Waals surface area contributed by atoms with Crippen LogP contribution >= 0.6 is 11.3 Å². The largest absolute Gasteiger partial charge is 0.288 e. The normalized spacial score (nSPS) is 11.2. The summed E-state index contributed by atoms with van der Waals surface area (Å²) >= 11 is 1.44. The van der Waals surface area contributed by atoms with Crippen LogP contribution < -0.4 is 0 Å². The second-order valence-electron chi connectivity index (χ2n) is 3.89. The number of nitrogens with zero attached hydrogens (tertiary/aromatic N) is 1. The topological polar surface area (TPSA) is 29.5 Å². The van der Waals surface area contributed by atoms with Gasteiger partial charge in [-0.2, -0.15) is 0 Å². The van der Waals surface area contributed by atoms with Crippen LogP contribution in [0.25, 0.3) is 0 Å². The van der Waals surface area contributed by atoms with Crippen molar-refractivity contribution in [2.75, 3.05) is 13.7 Å². The van der Waals surface area contributed by atoms with Crippen molar-refractivity contribution < 1.29 is 9.63 Å². The molecule has 0 spiro atoms. The molecule has 0 bridgehead atoms. The van der Waals surface area contributed by atoms with Crippen molar-refractivity contribution in [2.45, 2.75) is 13.8 Å². The van der Waals surface area contributed by atoms with E-state index in [0.29, 0.717) is 12.5 Å². The Bertz CT molecular complexity index is 344. The molecule has 1 heterocycles. The van der Waals surface area contributed by atoms with E-state index in [1.54, 1.807) is 18.3 Å². The molecule has 0 aliphatic rings. The zero-order chi connectivity index (χ0) is 12.0. The van der Waals surface area contributed by atoms with Crippen LogP contribution in [0.3, 0.4) is 0 Å². The summed E-state index contributed by atoms with van der Waals surface area (Å²) in [6, 6.07) is 3.68. The van der Waals surface area contributed by atoms with E-state index in [2.05, 4.69) is 13.8 Å². The number of ketones is 1. The lowest BCUT2D eigenvalue weighted by molar-refractivity contribution is -0.110. The zero-order valence-corrected chi connectivity index (χ0v) is 10.7. The molecule has 0 saturated carbocycles. The summed E-state index contributed by atoms with van der Waals surface area (Å²) in [5.74, 6) is 0.485. The second-order valence-corrected chi connectivity index (χ2v) is 4.84. The lowest BCUT2D eigenvalue weighted by Gasteiger charge is -2.15. The molecule has 1 aromatic heterocycles. The Morgan fingerprint density at radius 1 is 1.62 bits per heavy atom. The Labute approximate surface area is 100 Å². The Balaban J connectivity index is 2.38. The highest BCUT2D eigenvalue weighted by Crippen LogP contribution is 2.09. The van der Waals surface area contributed by atoms with Gasteiger partial charge in [0.2, 0.25) is 0 Å². The van der Waals surface area contributed by atoms with Crippen LogP contribution in [0, 0.1) is 5.92 Å². The monoisotopic (exact) mass is 239 g/mol. The minimum atomic E-state index is 0.00926. The van der Waals surface area contributed by atoms with Crippen LogP contribution in [0.2, 0.25) is 0 Å². The van der Waals surface area contributed by atoms with Gasteiger partial charge >= 0.3 is 0 Å². The molecular weight excluding hydrogens is 222 g/mol. The van der Waals surface area contributed by atoms with Gasteiger partial charge in [-0.3, -0.25) is 14.7 Å². The molecule has 3 nitrogen and oxygen atoms in total. The average Bonchev–Trinajstić information content (AvgIpc) is 2.76. The molecule has 0 aromatic carbocycles. The van der Waals surface area contributed by atoms with E-state index < -0.39 is 0 Å². The summed E-state index contributed by atoms with van der Waals surface area (Å²) in [4.78, 5) is 17.7. The number of allylic oxidation sites excluding steroid dienone is 1. The van der Waals surface area contributed by atoms with E-state index in [1.807, 2.05) is 17.5 Å². The van der Waals surface area contributed by atoms with Crippen LogP contribution in [-0.4, -0.2) is 24.5 Å². The summed E-state index contributed by atoms with van der Waals surface area (Å²) in [6.07, 6.45) is 3.16. The number of carbonyl (C=O) groups is 1. The van der Waals surface area contributed by atoms with Crippen molar-refractivity contribution in [2.24, 2.45) is 5.92 Å². The molecule has 0 fully saturated rings. The maximum atomic E-state index is 11.6. The molecule has 4 heteroatoms. The molecule has 1 rings (SSSR count). The Kier molecular flexibility index (Phi) is 5.22. The molecule has 0 aliphatic heterocycles. The molecule has 0 unspecified atom stereocenters. The minimum Gasteiger partial charge on any atom is -0.288 e. The molecule has 0 N–H and O–H groups in total. The number of hydrogen-bond donors (Lipinski definition) is 0. The van der Waals surface area contributed by atoms with Gasteiger partial charge < -0.3 is 0 Å². The van der Waals surface area contributed by atoms with E-state index in [1.165, 1.54) is 17.4 Å². The molecule has 1 aromatic rings. The number of hydroxylamine groups is 2. The van der Waals surface area contributed by atoms with Gasteiger partial charge in [-0.25, -0.2) is 0 Å². The quantitative estimate of drug-likeness (QED) is 0.434. The van der Waals surface area contributed by atoms with Crippen LogP contribution in [0.5, 0.6) is 0 Å². The van der Waals surface area contributed by atoms with Crippen LogP contribution in [-0.2, 0) is 4.84 Å². The average molecular weight is 239 g/mol. The highest BCUT2D eigenvalue weighted by Gasteiger charge is 2.02. The first-order chi connectivity index (χ1) is 7.59. The van der Waals surface area contributed by atoms with E-state index in [-0.39, 0.29) is 5.78 Å². The van der Waals surface area contributed by atoms with Gasteiger partial charge in [-0.15, -0.1) is 11.3 Å². The van der Waals surface area contributed by atoms with Gasteiger partial charge in [0.1, 0.15) is 0 Å². The van der Waals surface area contributed by atoms with Crippen molar-refractivity contribution in [1.82, 2.24) is 5.06 Å². The van der Waals surface area contributed by atoms with Crippen LogP contribution in [0.1, 0.15) is 23.5 Å². The molecule has 16 heavy (non-hydrogen) atoms. The van der Waals surface area contributed by atoms with Gasteiger partial charge in [-0.1, -0.05) is 19.9 Å². The second kappa shape index (κ2) is 6.45. The number of carbonyl (C=O) groups excluding carboxylic acids is 1. The molecular formula is C12H17NO2S. The molecule has 0 radical (unpaired) electrons. The van der Waals surface area contributed by atoms with E-state index >= 15 is 0 Å². The highest BCUT2D eigenvalue weighted by atomic mass is 32.1. The third kappa shape index (κ3) is 4.59. The van der Waals surface area contributed by atoms with Crippen molar-refractivity contribution in [3.63, 3.8) is 0 Å². The third-order valence-corrected chi connectivity index (χ3v) is 2.70. The first-order valence-corrected chi connectivity index (χ1v) is 6.09. The molecule has 0 saturated heterocycles. The van der Waals surface area contributed by atoms with E-state index in [0.717, 1.165) is 4.88 Å². The summed E-state index contributed by atoms with van der Waals surface area (Å²) in [6.45, 7) is 4.80. The first-order valence-electron chi connectivity index (χ1n) is 5.21. The maximum absolute atomic E-state index is 11.6. The van der Waals surface area contributed by atoms with Crippen LogP contribution in [0.4, 0.5) is 0 Å². The van der Waals surface area contributed by atoms with E-state index in [9.17, 15) is 4.79 Å². The Hall–Kier alpha value is -1.13. The van der Waals surface area contributed by atoms with Gasteiger partial charge in [-0.05, 0) is 17.4 Å². The van der Waals surface area contributed by atoms with E-state index in [4.69, 9.17) is 4.84 Å². The lowest BCUT2D eigenvalue weighted by Crippen LogP contribution is -2.15. The number of rotatable bonds is 6. The standard InChI is InChI=1S/C12H17NO2S/c1-10(2)9-15-13(3)7-6-11(14)12-5-4-8-16-12/h4-8,10H,9H2,1-3H3/b7-6-. The fourth-order valence-corrected chi connectivity index (χ4v) is 1.63. The smallest absolute Gasteiger partial charge is 0.197 e. The van der Waals surface area contributed by atoms with Gasteiger partial charge in [0.05, 0.1) is 11.5 Å².